The molecular weight excluding hydrogens is 521 g/mol. The number of nitrogens with zero attached hydrogens (tertiary/aromatic N) is 2. The van der Waals surface area contributed by atoms with Crippen LogP contribution >= 0.6 is 0 Å². The van der Waals surface area contributed by atoms with Crippen molar-refractivity contribution < 1.29 is 27.5 Å². The first-order valence-electron chi connectivity index (χ1n) is 12.9. The lowest BCUT2D eigenvalue weighted by molar-refractivity contribution is -0.137. The fourth-order valence-corrected chi connectivity index (χ4v) is 5.15. The van der Waals surface area contributed by atoms with E-state index in [1.165, 1.54) is 12.1 Å². The molecular formula is C31H27F3N2O4. The van der Waals surface area contributed by atoms with E-state index in [1.807, 2.05) is 30.1 Å². The number of fused-ring (bicyclic) bond motifs is 2. The molecule has 0 radical (unpaired) electrons. The molecule has 1 aliphatic heterocycles. The molecule has 40 heavy (non-hydrogen) atoms. The maximum Gasteiger partial charge on any atom is 0.416 e. The van der Waals surface area contributed by atoms with E-state index in [2.05, 4.69) is 4.99 Å². The van der Waals surface area contributed by atoms with Crippen LogP contribution in [-0.2, 0) is 12.6 Å². The third-order valence-corrected chi connectivity index (χ3v) is 7.29. The van der Waals surface area contributed by atoms with Gasteiger partial charge in [-0.1, -0.05) is 25.1 Å². The summed E-state index contributed by atoms with van der Waals surface area (Å²) in [6.07, 6.45) is -1.46. The summed E-state index contributed by atoms with van der Waals surface area (Å²) in [5, 5.41) is 9.31. The maximum absolute atomic E-state index is 13.8. The van der Waals surface area contributed by atoms with Crippen LogP contribution in [0.3, 0.4) is 0 Å². The molecule has 1 aliphatic rings. The molecule has 6 nitrogen and oxygen atoms in total. The van der Waals surface area contributed by atoms with Crippen LogP contribution in [0.4, 0.5) is 18.9 Å². The van der Waals surface area contributed by atoms with Crippen molar-refractivity contribution in [2.24, 2.45) is 4.99 Å². The van der Waals surface area contributed by atoms with Gasteiger partial charge in [0.05, 0.1) is 16.5 Å². The zero-order valence-corrected chi connectivity index (χ0v) is 22.0. The molecule has 4 aromatic rings. The molecule has 0 aliphatic carbocycles. The van der Waals surface area contributed by atoms with E-state index in [4.69, 9.17) is 4.42 Å². The van der Waals surface area contributed by atoms with E-state index in [1.54, 1.807) is 31.3 Å². The molecule has 0 bridgehead atoms. The molecule has 0 fully saturated rings. The first-order valence-corrected chi connectivity index (χ1v) is 12.9. The van der Waals surface area contributed by atoms with Gasteiger partial charge < -0.3 is 14.4 Å². The molecule has 0 saturated carbocycles. The summed E-state index contributed by atoms with van der Waals surface area (Å²) < 4.78 is 47.6. The van der Waals surface area contributed by atoms with Gasteiger partial charge in [-0.2, -0.15) is 13.2 Å². The van der Waals surface area contributed by atoms with E-state index in [0.29, 0.717) is 37.1 Å². The Morgan fingerprint density at radius 1 is 1.12 bits per heavy atom. The first-order chi connectivity index (χ1) is 19.0. The van der Waals surface area contributed by atoms with Gasteiger partial charge in [-0.25, -0.2) is 4.79 Å². The lowest BCUT2D eigenvalue weighted by atomic mass is 9.90. The van der Waals surface area contributed by atoms with Gasteiger partial charge in [0.15, 0.2) is 5.43 Å². The van der Waals surface area contributed by atoms with Gasteiger partial charge in [0.2, 0.25) is 0 Å². The summed E-state index contributed by atoms with van der Waals surface area (Å²) in [7, 11) is 1.91. The summed E-state index contributed by atoms with van der Waals surface area (Å²) in [4.78, 5) is 31.0. The predicted molar refractivity (Wildman–Crippen MR) is 149 cm³/mol. The Labute approximate surface area is 228 Å². The van der Waals surface area contributed by atoms with Crippen LogP contribution in [0.1, 0.15) is 58.3 Å². The van der Waals surface area contributed by atoms with E-state index in [9.17, 15) is 27.9 Å². The van der Waals surface area contributed by atoms with Crippen molar-refractivity contribution >= 4 is 28.8 Å². The number of hydrogen-bond donors (Lipinski definition) is 1. The average Bonchev–Trinajstić information content (AvgIpc) is 2.92. The first kappa shape index (κ1) is 27.2. The fraction of sp³-hybridized carbons (Fsp3) is 0.258. The van der Waals surface area contributed by atoms with Gasteiger partial charge in [-0.05, 0) is 72.7 Å². The quantitative estimate of drug-likeness (QED) is 0.266. The summed E-state index contributed by atoms with van der Waals surface area (Å²) in [5.74, 6) is -1.17. The highest BCUT2D eigenvalue weighted by atomic mass is 19.4. The monoisotopic (exact) mass is 548 g/mol. The topological polar surface area (TPSA) is 83.1 Å². The third-order valence-electron chi connectivity index (χ3n) is 7.29. The number of aryl methyl sites for hydroxylation is 1. The smallest absolute Gasteiger partial charge is 0.416 e. The fourth-order valence-electron chi connectivity index (χ4n) is 5.15. The molecule has 2 heterocycles. The second-order valence-corrected chi connectivity index (χ2v) is 10.1. The van der Waals surface area contributed by atoms with Gasteiger partial charge in [0.25, 0.3) is 0 Å². The van der Waals surface area contributed by atoms with Crippen molar-refractivity contribution in [1.82, 2.24) is 0 Å². The molecule has 1 aromatic heterocycles. The number of alkyl halides is 3. The summed E-state index contributed by atoms with van der Waals surface area (Å²) >= 11 is 0. The van der Waals surface area contributed by atoms with Gasteiger partial charge in [0, 0.05) is 36.1 Å². The van der Waals surface area contributed by atoms with Crippen molar-refractivity contribution in [2.75, 3.05) is 18.6 Å². The molecule has 9 heteroatoms. The maximum atomic E-state index is 13.8. The molecule has 206 valence electrons. The Bertz CT molecular complexity index is 1690. The Hall–Kier alpha value is -4.40. The highest BCUT2D eigenvalue weighted by Gasteiger charge is 2.33. The minimum atomic E-state index is -4.64. The zero-order chi connectivity index (χ0) is 28.6. The molecule has 0 saturated heterocycles. The van der Waals surface area contributed by atoms with Crippen LogP contribution in [0.2, 0.25) is 0 Å². The van der Waals surface area contributed by atoms with Crippen LogP contribution in [0.15, 0.2) is 74.9 Å². The molecule has 3 aromatic carbocycles. The second-order valence-electron chi connectivity index (χ2n) is 10.1. The molecule has 1 unspecified atom stereocenters. The van der Waals surface area contributed by atoms with Crippen LogP contribution < -0.4 is 10.3 Å². The Kier molecular flexibility index (Phi) is 7.23. The van der Waals surface area contributed by atoms with Crippen molar-refractivity contribution in [3.63, 3.8) is 0 Å². The third kappa shape index (κ3) is 5.36. The Morgan fingerprint density at radius 3 is 2.65 bits per heavy atom. The zero-order valence-electron chi connectivity index (χ0n) is 22.0. The van der Waals surface area contributed by atoms with E-state index >= 15 is 0 Å². The van der Waals surface area contributed by atoms with Gasteiger partial charge >= 0.3 is 12.1 Å². The molecule has 1 N–H and O–H groups in total. The predicted octanol–water partition coefficient (Wildman–Crippen LogP) is 7.13. The normalized spacial score (nSPS) is 13.9. The van der Waals surface area contributed by atoms with Gasteiger partial charge in [-0.15, -0.1) is 0 Å². The molecule has 1 atom stereocenters. The van der Waals surface area contributed by atoms with Crippen LogP contribution in [-0.4, -0.2) is 31.0 Å². The minimum absolute atomic E-state index is 0.123. The molecule has 0 amide bonds. The number of rotatable bonds is 7. The Morgan fingerprint density at radius 2 is 1.90 bits per heavy atom. The van der Waals surface area contributed by atoms with Gasteiger partial charge in [0.1, 0.15) is 18.0 Å². The highest BCUT2D eigenvalue weighted by Crippen LogP contribution is 2.38. The lowest BCUT2D eigenvalue weighted by Gasteiger charge is -2.23. The highest BCUT2D eigenvalue weighted by molar-refractivity contribution is 5.92. The molecule has 5 rings (SSSR count). The number of carbonyl (C=O) groups is 1. The summed E-state index contributed by atoms with van der Waals surface area (Å²) in [5.41, 5.74) is 2.23. The number of aliphatic imine (C=N–C) groups is 1. The van der Waals surface area contributed by atoms with Crippen LogP contribution in [0.5, 0.6) is 0 Å². The minimum Gasteiger partial charge on any atom is -0.478 e. The second kappa shape index (κ2) is 10.6. The van der Waals surface area contributed by atoms with E-state index in [-0.39, 0.29) is 27.9 Å². The number of anilines is 1. The lowest BCUT2D eigenvalue weighted by Crippen LogP contribution is -2.21. The van der Waals surface area contributed by atoms with E-state index in [0.717, 1.165) is 23.4 Å². The number of halogens is 3. The molecule has 0 spiro atoms. The number of carboxylic acid groups (broad SMARTS) is 1. The van der Waals surface area contributed by atoms with E-state index < -0.39 is 29.1 Å². The number of benzene rings is 3. The summed E-state index contributed by atoms with van der Waals surface area (Å²) in [6, 6.07) is 15.3. The SMILES string of the molecule is CC(CCCc1ccccc1C(=O)O)c1cc(C(F)(F)F)cc2c(=O)cc(-c3ccc4c(c3)C=NCN4C)oc12. The van der Waals surface area contributed by atoms with Crippen molar-refractivity contribution in [3.8, 4) is 11.3 Å². The van der Waals surface area contributed by atoms with Gasteiger partial charge in [-0.3, -0.25) is 9.79 Å². The standard InChI is InChI=1S/C31H27F3N2O4/c1-18(6-5-8-19-7-3-4-9-23(19)30(38)39)24-13-22(31(32,33)34)14-25-27(37)15-28(40-29(24)25)20-10-11-26-21(12-20)16-35-17-36(26)2/h3-4,7,9-16,18H,5-6,8,17H2,1-2H3,(H,38,39). The van der Waals surface area contributed by atoms with Crippen LogP contribution in [0, 0.1) is 0 Å². The van der Waals surface area contributed by atoms with Crippen molar-refractivity contribution in [1.29, 1.82) is 0 Å². The van der Waals surface area contributed by atoms with Crippen molar-refractivity contribution in [3.05, 3.63) is 98.7 Å². The largest absolute Gasteiger partial charge is 0.478 e. The number of hydrogen-bond acceptors (Lipinski definition) is 5. The van der Waals surface area contributed by atoms with Crippen LogP contribution in [0.25, 0.3) is 22.3 Å². The number of carboxylic acids is 1. The number of aromatic carboxylic acids is 1. The average molecular weight is 549 g/mol. The summed E-state index contributed by atoms with van der Waals surface area (Å²) in [6.45, 7) is 2.32. The Balaban J connectivity index is 1.53. The van der Waals surface area contributed by atoms with Crippen molar-refractivity contribution in [2.45, 2.75) is 38.3 Å².